The summed E-state index contributed by atoms with van der Waals surface area (Å²) in [5.74, 6) is 0.255. The Balaban J connectivity index is 2.17. The van der Waals surface area contributed by atoms with E-state index in [1.165, 1.54) is 44.9 Å². The molecular formula is C18H27ClO. The van der Waals surface area contributed by atoms with Gasteiger partial charge in [0.15, 0.2) is 5.78 Å². The van der Waals surface area contributed by atoms with Gasteiger partial charge in [-0.25, -0.2) is 0 Å². The molecule has 1 rings (SSSR count). The van der Waals surface area contributed by atoms with Crippen LogP contribution in [0.5, 0.6) is 0 Å². The van der Waals surface area contributed by atoms with Crippen molar-refractivity contribution in [3.05, 3.63) is 34.3 Å². The topological polar surface area (TPSA) is 17.1 Å². The van der Waals surface area contributed by atoms with Crippen molar-refractivity contribution in [1.29, 1.82) is 0 Å². The zero-order valence-electron chi connectivity index (χ0n) is 12.9. The van der Waals surface area contributed by atoms with Gasteiger partial charge >= 0.3 is 0 Å². The van der Waals surface area contributed by atoms with Gasteiger partial charge in [0.1, 0.15) is 0 Å². The van der Waals surface area contributed by atoms with Crippen molar-refractivity contribution in [2.24, 2.45) is 0 Å². The summed E-state index contributed by atoms with van der Waals surface area (Å²) in [5.41, 5.74) is 1.82. The van der Waals surface area contributed by atoms with Crippen molar-refractivity contribution in [3.8, 4) is 0 Å². The van der Waals surface area contributed by atoms with E-state index in [-0.39, 0.29) is 5.78 Å². The molecule has 0 saturated heterocycles. The van der Waals surface area contributed by atoms with Gasteiger partial charge in [0, 0.05) is 17.0 Å². The van der Waals surface area contributed by atoms with Gasteiger partial charge in [-0.1, -0.05) is 63.5 Å². The van der Waals surface area contributed by atoms with Crippen molar-refractivity contribution in [1.82, 2.24) is 0 Å². The van der Waals surface area contributed by atoms with Crippen LogP contribution in [0, 0.1) is 6.92 Å². The molecule has 0 N–H and O–H groups in total. The molecule has 0 spiro atoms. The summed E-state index contributed by atoms with van der Waals surface area (Å²) >= 11 is 5.91. The van der Waals surface area contributed by atoms with Crippen LogP contribution in [-0.2, 0) is 0 Å². The Morgan fingerprint density at radius 2 is 1.60 bits per heavy atom. The first-order valence-corrected chi connectivity index (χ1v) is 8.32. The van der Waals surface area contributed by atoms with Crippen LogP contribution in [0.3, 0.4) is 0 Å². The number of aryl methyl sites for hydroxylation is 1. The van der Waals surface area contributed by atoms with Gasteiger partial charge in [-0.2, -0.15) is 0 Å². The summed E-state index contributed by atoms with van der Waals surface area (Å²) in [6.45, 7) is 4.19. The number of rotatable bonds is 10. The van der Waals surface area contributed by atoms with E-state index in [9.17, 15) is 4.79 Å². The predicted octanol–water partition coefficient (Wildman–Crippen LogP) is 6.36. The van der Waals surface area contributed by atoms with Gasteiger partial charge in [-0.05, 0) is 37.1 Å². The molecule has 0 bridgehead atoms. The molecule has 0 unspecified atom stereocenters. The van der Waals surface area contributed by atoms with Crippen LogP contribution >= 0.6 is 11.6 Å². The third-order valence-electron chi connectivity index (χ3n) is 3.75. The first-order chi connectivity index (χ1) is 9.65. The van der Waals surface area contributed by atoms with Gasteiger partial charge in [-0.3, -0.25) is 4.79 Å². The van der Waals surface area contributed by atoms with Crippen LogP contribution in [0.2, 0.25) is 5.02 Å². The Kier molecular flexibility index (Phi) is 8.60. The number of unbranched alkanes of at least 4 members (excludes halogenated alkanes) is 7. The maximum Gasteiger partial charge on any atom is 0.163 e. The van der Waals surface area contributed by atoms with E-state index in [4.69, 9.17) is 11.6 Å². The minimum atomic E-state index is 0.255. The molecule has 0 heterocycles. The highest BCUT2D eigenvalue weighted by Gasteiger charge is 2.08. The van der Waals surface area contributed by atoms with Crippen molar-refractivity contribution in [2.45, 2.75) is 71.6 Å². The molecule has 1 aromatic rings. The Morgan fingerprint density at radius 3 is 2.20 bits per heavy atom. The van der Waals surface area contributed by atoms with Crippen LogP contribution in [0.15, 0.2) is 18.2 Å². The van der Waals surface area contributed by atoms with Crippen molar-refractivity contribution < 1.29 is 4.79 Å². The quantitative estimate of drug-likeness (QED) is 0.362. The Morgan fingerprint density at radius 1 is 1.00 bits per heavy atom. The predicted molar refractivity (Wildman–Crippen MR) is 87.7 cm³/mol. The van der Waals surface area contributed by atoms with Crippen LogP contribution < -0.4 is 0 Å². The fourth-order valence-corrected chi connectivity index (χ4v) is 2.72. The summed E-state index contributed by atoms with van der Waals surface area (Å²) in [4.78, 5) is 12.1. The third kappa shape index (κ3) is 6.56. The van der Waals surface area contributed by atoms with Crippen molar-refractivity contribution in [3.63, 3.8) is 0 Å². The summed E-state index contributed by atoms with van der Waals surface area (Å²) in [6.07, 6.45) is 10.8. The molecule has 0 fully saturated rings. The smallest absolute Gasteiger partial charge is 0.163 e. The second-order valence-electron chi connectivity index (χ2n) is 5.61. The fourth-order valence-electron chi connectivity index (χ4n) is 2.49. The highest BCUT2D eigenvalue weighted by molar-refractivity contribution is 6.30. The molecule has 0 saturated carbocycles. The van der Waals surface area contributed by atoms with E-state index in [1.54, 1.807) is 6.07 Å². The molecule has 0 aliphatic heterocycles. The van der Waals surface area contributed by atoms with E-state index in [0.29, 0.717) is 11.4 Å². The Labute approximate surface area is 128 Å². The fraction of sp³-hybridized carbons (Fsp3) is 0.611. The van der Waals surface area contributed by atoms with Gasteiger partial charge in [0.2, 0.25) is 0 Å². The Hall–Kier alpha value is -0.820. The maximum absolute atomic E-state index is 12.1. The SMILES string of the molecule is CCCCCCCCCCC(=O)c1ccc(Cl)cc1C. The maximum atomic E-state index is 12.1. The van der Waals surface area contributed by atoms with E-state index in [1.807, 2.05) is 19.1 Å². The van der Waals surface area contributed by atoms with Crippen LogP contribution in [0.4, 0.5) is 0 Å². The highest BCUT2D eigenvalue weighted by atomic mass is 35.5. The minimum absolute atomic E-state index is 0.255. The normalized spacial score (nSPS) is 10.8. The second-order valence-corrected chi connectivity index (χ2v) is 6.04. The van der Waals surface area contributed by atoms with Crippen molar-refractivity contribution in [2.75, 3.05) is 0 Å². The standard InChI is InChI=1S/C18H27ClO/c1-3-4-5-6-7-8-9-10-11-18(20)17-13-12-16(19)14-15(17)2/h12-14H,3-11H2,1-2H3. The third-order valence-corrected chi connectivity index (χ3v) is 3.98. The monoisotopic (exact) mass is 294 g/mol. The van der Waals surface area contributed by atoms with E-state index in [0.717, 1.165) is 17.5 Å². The molecule has 0 aliphatic rings. The van der Waals surface area contributed by atoms with Gasteiger partial charge < -0.3 is 0 Å². The number of ketones is 1. The molecule has 20 heavy (non-hydrogen) atoms. The summed E-state index contributed by atoms with van der Waals surface area (Å²) in [6, 6.07) is 5.52. The average Bonchev–Trinajstić information content (AvgIpc) is 2.41. The Bertz CT molecular complexity index is 412. The molecule has 0 radical (unpaired) electrons. The molecule has 1 aromatic carbocycles. The number of hydrogen-bond donors (Lipinski definition) is 0. The van der Waals surface area contributed by atoms with E-state index < -0.39 is 0 Å². The number of carbonyl (C=O) groups excluding carboxylic acids is 1. The van der Waals surface area contributed by atoms with Crippen molar-refractivity contribution >= 4 is 17.4 Å². The number of hydrogen-bond acceptors (Lipinski definition) is 1. The number of halogens is 1. The molecule has 2 heteroatoms. The summed E-state index contributed by atoms with van der Waals surface area (Å²) < 4.78 is 0. The van der Waals surface area contributed by atoms with Crippen LogP contribution in [0.1, 0.15) is 80.6 Å². The van der Waals surface area contributed by atoms with Gasteiger partial charge in [-0.15, -0.1) is 0 Å². The first-order valence-electron chi connectivity index (χ1n) is 7.94. The largest absolute Gasteiger partial charge is 0.294 e. The zero-order valence-corrected chi connectivity index (χ0v) is 13.6. The van der Waals surface area contributed by atoms with Crippen LogP contribution in [-0.4, -0.2) is 5.78 Å². The first kappa shape index (κ1) is 17.2. The van der Waals surface area contributed by atoms with Gasteiger partial charge in [0.25, 0.3) is 0 Å². The number of benzene rings is 1. The van der Waals surface area contributed by atoms with Gasteiger partial charge in [0.05, 0.1) is 0 Å². The number of carbonyl (C=O) groups is 1. The molecule has 0 aromatic heterocycles. The zero-order chi connectivity index (χ0) is 14.8. The molecule has 112 valence electrons. The number of Topliss-reactive ketones (excluding diaryl/α,β-unsaturated/α-hetero) is 1. The lowest BCUT2D eigenvalue weighted by atomic mass is 10.00. The highest BCUT2D eigenvalue weighted by Crippen LogP contribution is 2.18. The summed E-state index contributed by atoms with van der Waals surface area (Å²) in [7, 11) is 0. The van der Waals surface area contributed by atoms with E-state index >= 15 is 0 Å². The lowest BCUT2D eigenvalue weighted by molar-refractivity contribution is 0.0978. The molecule has 1 nitrogen and oxygen atoms in total. The lowest BCUT2D eigenvalue weighted by Gasteiger charge is -2.05. The van der Waals surface area contributed by atoms with E-state index in [2.05, 4.69) is 6.92 Å². The lowest BCUT2D eigenvalue weighted by Crippen LogP contribution is -2.01. The molecule has 0 aliphatic carbocycles. The molecule has 0 atom stereocenters. The molecule has 0 amide bonds. The second kappa shape index (κ2) is 9.99. The average molecular weight is 295 g/mol. The van der Waals surface area contributed by atoms with Crippen LogP contribution in [0.25, 0.3) is 0 Å². The summed E-state index contributed by atoms with van der Waals surface area (Å²) in [5, 5.41) is 0.700. The molecular weight excluding hydrogens is 268 g/mol. The minimum Gasteiger partial charge on any atom is -0.294 e.